The third kappa shape index (κ3) is 2.56. The van der Waals surface area contributed by atoms with Gasteiger partial charge in [-0.2, -0.15) is 0 Å². The molecular weight excluding hydrogens is 260 g/mol. The third-order valence-corrected chi connectivity index (χ3v) is 3.17. The van der Waals surface area contributed by atoms with Crippen LogP contribution in [0.25, 0.3) is 11.1 Å². The molecule has 2 aromatic carbocycles. The van der Waals surface area contributed by atoms with Crippen LogP contribution < -0.4 is 5.32 Å². The monoisotopic (exact) mass is 272 g/mol. The number of benzene rings is 2. The molecule has 0 aliphatic heterocycles. The number of aromatic nitrogens is 1. The Morgan fingerprint density at radius 2 is 2.05 bits per heavy atom. The molecule has 0 atom stereocenters. The van der Waals surface area contributed by atoms with E-state index in [1.54, 1.807) is 0 Å². The van der Waals surface area contributed by atoms with Crippen LogP contribution in [-0.4, -0.2) is 4.98 Å². The number of para-hydroxylation sites is 1. The molecule has 3 nitrogen and oxygen atoms in total. The lowest BCUT2D eigenvalue weighted by Crippen LogP contribution is -1.99. The van der Waals surface area contributed by atoms with E-state index in [4.69, 9.17) is 16.0 Å². The molecule has 96 valence electrons. The van der Waals surface area contributed by atoms with Gasteiger partial charge in [-0.25, -0.2) is 4.98 Å². The standard InChI is InChI=1S/C15H13ClN2O/c1-10-4-2-7-13-15(10)18-14(19-13)9-17-12-6-3-5-11(16)8-12/h2-8,17H,9H2,1H3. The zero-order chi connectivity index (χ0) is 13.2. The van der Waals surface area contributed by atoms with E-state index < -0.39 is 0 Å². The molecule has 0 spiro atoms. The minimum absolute atomic E-state index is 0.536. The SMILES string of the molecule is Cc1cccc2oc(CNc3cccc(Cl)c3)nc12. The number of oxazole rings is 1. The fraction of sp³-hybridized carbons (Fsp3) is 0.133. The first-order valence-corrected chi connectivity index (χ1v) is 6.44. The first kappa shape index (κ1) is 12.1. The van der Waals surface area contributed by atoms with Crippen LogP contribution in [0.1, 0.15) is 11.5 Å². The van der Waals surface area contributed by atoms with Crippen LogP contribution >= 0.6 is 11.6 Å². The van der Waals surface area contributed by atoms with E-state index >= 15 is 0 Å². The first-order chi connectivity index (χ1) is 9.22. The van der Waals surface area contributed by atoms with E-state index in [1.165, 1.54) is 0 Å². The van der Waals surface area contributed by atoms with Crippen molar-refractivity contribution in [3.05, 3.63) is 58.9 Å². The Kier molecular flexibility index (Phi) is 3.13. The van der Waals surface area contributed by atoms with Gasteiger partial charge in [-0.15, -0.1) is 0 Å². The summed E-state index contributed by atoms with van der Waals surface area (Å²) < 4.78 is 5.69. The minimum atomic E-state index is 0.536. The molecule has 0 aliphatic rings. The van der Waals surface area contributed by atoms with E-state index in [9.17, 15) is 0 Å². The van der Waals surface area contributed by atoms with Crippen molar-refractivity contribution in [1.29, 1.82) is 0 Å². The maximum absolute atomic E-state index is 5.93. The largest absolute Gasteiger partial charge is 0.439 e. The highest BCUT2D eigenvalue weighted by molar-refractivity contribution is 6.30. The van der Waals surface area contributed by atoms with Crippen molar-refractivity contribution in [2.24, 2.45) is 0 Å². The molecule has 19 heavy (non-hydrogen) atoms. The molecule has 1 N–H and O–H groups in total. The molecule has 0 fully saturated rings. The Morgan fingerprint density at radius 1 is 1.21 bits per heavy atom. The quantitative estimate of drug-likeness (QED) is 0.768. The Hall–Kier alpha value is -2.00. The smallest absolute Gasteiger partial charge is 0.214 e. The average Bonchev–Trinajstić information content (AvgIpc) is 2.81. The Bertz CT molecular complexity index is 721. The Morgan fingerprint density at radius 3 is 2.84 bits per heavy atom. The van der Waals surface area contributed by atoms with Crippen molar-refractivity contribution >= 4 is 28.4 Å². The van der Waals surface area contributed by atoms with Crippen molar-refractivity contribution in [2.45, 2.75) is 13.5 Å². The van der Waals surface area contributed by atoms with Crippen molar-refractivity contribution in [3.8, 4) is 0 Å². The van der Waals surface area contributed by atoms with E-state index in [-0.39, 0.29) is 0 Å². The van der Waals surface area contributed by atoms with E-state index in [0.717, 1.165) is 22.4 Å². The second-order valence-electron chi connectivity index (χ2n) is 4.39. The lowest BCUT2D eigenvalue weighted by atomic mass is 10.2. The van der Waals surface area contributed by atoms with Crippen molar-refractivity contribution in [1.82, 2.24) is 4.98 Å². The zero-order valence-corrected chi connectivity index (χ0v) is 11.2. The topological polar surface area (TPSA) is 38.1 Å². The summed E-state index contributed by atoms with van der Waals surface area (Å²) in [4.78, 5) is 4.49. The van der Waals surface area contributed by atoms with Crippen molar-refractivity contribution in [2.75, 3.05) is 5.32 Å². The number of rotatable bonds is 3. The van der Waals surface area contributed by atoms with Crippen molar-refractivity contribution < 1.29 is 4.42 Å². The maximum Gasteiger partial charge on any atom is 0.214 e. The molecule has 0 saturated carbocycles. The highest BCUT2D eigenvalue weighted by Crippen LogP contribution is 2.20. The minimum Gasteiger partial charge on any atom is -0.439 e. The molecule has 1 heterocycles. The Labute approximate surface area is 116 Å². The fourth-order valence-corrected chi connectivity index (χ4v) is 2.17. The van der Waals surface area contributed by atoms with Crippen LogP contribution in [0.4, 0.5) is 5.69 Å². The number of hydrogen-bond acceptors (Lipinski definition) is 3. The van der Waals surface area contributed by atoms with E-state index in [0.29, 0.717) is 17.5 Å². The maximum atomic E-state index is 5.93. The van der Waals surface area contributed by atoms with Gasteiger partial charge in [0.25, 0.3) is 0 Å². The van der Waals surface area contributed by atoms with Crippen LogP contribution in [0, 0.1) is 6.92 Å². The number of anilines is 1. The highest BCUT2D eigenvalue weighted by atomic mass is 35.5. The summed E-state index contributed by atoms with van der Waals surface area (Å²) in [6.45, 7) is 2.56. The molecule has 0 bridgehead atoms. The van der Waals surface area contributed by atoms with Crippen molar-refractivity contribution in [3.63, 3.8) is 0 Å². The van der Waals surface area contributed by atoms with Gasteiger partial charge in [0.05, 0.1) is 6.54 Å². The van der Waals surface area contributed by atoms with Gasteiger partial charge >= 0.3 is 0 Å². The van der Waals surface area contributed by atoms with Crippen LogP contribution in [0.5, 0.6) is 0 Å². The number of halogens is 1. The molecule has 0 unspecified atom stereocenters. The summed E-state index contributed by atoms with van der Waals surface area (Å²) in [6, 6.07) is 13.5. The van der Waals surface area contributed by atoms with Gasteiger partial charge in [0.2, 0.25) is 5.89 Å². The van der Waals surface area contributed by atoms with E-state index in [1.807, 2.05) is 49.4 Å². The van der Waals surface area contributed by atoms with Crippen LogP contribution in [0.15, 0.2) is 46.9 Å². The predicted molar refractivity (Wildman–Crippen MR) is 77.5 cm³/mol. The summed E-state index contributed by atoms with van der Waals surface area (Å²) in [5, 5.41) is 3.95. The summed E-state index contributed by atoms with van der Waals surface area (Å²) in [5.74, 6) is 0.671. The summed E-state index contributed by atoms with van der Waals surface area (Å²) >= 11 is 5.93. The molecule has 4 heteroatoms. The first-order valence-electron chi connectivity index (χ1n) is 6.07. The summed E-state index contributed by atoms with van der Waals surface area (Å²) in [6.07, 6.45) is 0. The number of hydrogen-bond donors (Lipinski definition) is 1. The number of nitrogens with one attached hydrogen (secondary N) is 1. The lowest BCUT2D eigenvalue weighted by Gasteiger charge is -2.03. The second kappa shape index (κ2) is 4.94. The predicted octanol–water partition coefficient (Wildman–Crippen LogP) is 4.40. The molecule has 0 saturated heterocycles. The fourth-order valence-electron chi connectivity index (χ4n) is 1.98. The van der Waals surface area contributed by atoms with Gasteiger partial charge < -0.3 is 9.73 Å². The van der Waals surface area contributed by atoms with Crippen LogP contribution in [-0.2, 0) is 6.54 Å². The van der Waals surface area contributed by atoms with Crippen LogP contribution in [0.3, 0.4) is 0 Å². The average molecular weight is 273 g/mol. The van der Waals surface area contributed by atoms with Gasteiger partial charge in [-0.1, -0.05) is 29.8 Å². The summed E-state index contributed by atoms with van der Waals surface area (Å²) in [7, 11) is 0. The van der Waals surface area contributed by atoms with Crippen LogP contribution in [0.2, 0.25) is 5.02 Å². The number of aryl methyl sites for hydroxylation is 1. The lowest BCUT2D eigenvalue weighted by molar-refractivity contribution is 0.540. The van der Waals surface area contributed by atoms with Gasteiger partial charge in [-0.3, -0.25) is 0 Å². The molecular formula is C15H13ClN2O. The Balaban J connectivity index is 1.80. The van der Waals surface area contributed by atoms with E-state index in [2.05, 4.69) is 10.3 Å². The van der Waals surface area contributed by atoms with Gasteiger partial charge in [0.15, 0.2) is 5.58 Å². The summed E-state index contributed by atoms with van der Waals surface area (Å²) in [5.41, 5.74) is 3.81. The number of fused-ring (bicyclic) bond motifs is 1. The normalized spacial score (nSPS) is 10.8. The van der Waals surface area contributed by atoms with Gasteiger partial charge in [0.1, 0.15) is 5.52 Å². The third-order valence-electron chi connectivity index (χ3n) is 2.93. The zero-order valence-electron chi connectivity index (χ0n) is 10.5. The second-order valence-corrected chi connectivity index (χ2v) is 4.83. The molecule has 0 radical (unpaired) electrons. The van der Waals surface area contributed by atoms with Gasteiger partial charge in [-0.05, 0) is 36.8 Å². The molecule has 0 aliphatic carbocycles. The molecule has 0 amide bonds. The molecule has 3 rings (SSSR count). The molecule has 1 aromatic heterocycles. The van der Waals surface area contributed by atoms with Gasteiger partial charge in [0, 0.05) is 10.7 Å². The highest BCUT2D eigenvalue weighted by Gasteiger charge is 2.07. The number of nitrogens with zero attached hydrogens (tertiary/aromatic N) is 1. The molecule has 3 aromatic rings.